The highest BCUT2D eigenvalue weighted by Gasteiger charge is 2.23. The Kier molecular flexibility index (Phi) is 5.68. The summed E-state index contributed by atoms with van der Waals surface area (Å²) in [5, 5.41) is 5.93. The molecule has 8 heteroatoms. The smallest absolute Gasteiger partial charge is 0.259 e. The largest absolute Gasteiger partial charge is 0.381 e. The Labute approximate surface area is 191 Å². The van der Waals surface area contributed by atoms with Crippen LogP contribution in [-0.2, 0) is 4.74 Å². The zero-order valence-corrected chi connectivity index (χ0v) is 18.9. The highest BCUT2D eigenvalue weighted by molar-refractivity contribution is 6.07. The van der Waals surface area contributed by atoms with Gasteiger partial charge in [0.1, 0.15) is 0 Å². The summed E-state index contributed by atoms with van der Waals surface area (Å²) in [6, 6.07) is 3.95. The predicted octanol–water partition coefficient (Wildman–Crippen LogP) is 3.52. The highest BCUT2D eigenvalue weighted by Crippen LogP contribution is 2.30. The van der Waals surface area contributed by atoms with Crippen LogP contribution in [0, 0.1) is 6.92 Å². The summed E-state index contributed by atoms with van der Waals surface area (Å²) in [5.74, 6) is -0.0719. The highest BCUT2D eigenvalue weighted by atomic mass is 16.5. The number of hydrogen-bond donors (Lipinski definition) is 1. The van der Waals surface area contributed by atoms with Gasteiger partial charge < -0.3 is 14.6 Å². The summed E-state index contributed by atoms with van der Waals surface area (Å²) < 4.78 is 7.45. The molecule has 1 aromatic carbocycles. The van der Waals surface area contributed by atoms with E-state index in [1.54, 1.807) is 30.6 Å². The minimum absolute atomic E-state index is 0.0719. The van der Waals surface area contributed by atoms with Crippen molar-refractivity contribution in [3.8, 4) is 0 Å². The quantitative estimate of drug-likeness (QED) is 0.665. The summed E-state index contributed by atoms with van der Waals surface area (Å²) in [6.45, 7) is 3.72. The van der Waals surface area contributed by atoms with Crippen molar-refractivity contribution < 1.29 is 9.53 Å². The average Bonchev–Trinajstić information content (AvgIpc) is 3.11. The third-order valence-electron chi connectivity index (χ3n) is 6.39. The molecule has 0 spiro atoms. The maximum Gasteiger partial charge on any atom is 0.259 e. The fraction of sp³-hybridized carbons (Fsp3) is 0.360. The molecule has 2 aromatic heterocycles. The van der Waals surface area contributed by atoms with Gasteiger partial charge in [0.2, 0.25) is 0 Å². The zero-order valence-electron chi connectivity index (χ0n) is 18.9. The number of fused-ring (bicyclic) bond motifs is 3. The van der Waals surface area contributed by atoms with Crippen molar-refractivity contribution in [1.82, 2.24) is 19.7 Å². The van der Waals surface area contributed by atoms with Crippen LogP contribution in [0.25, 0.3) is 21.8 Å². The van der Waals surface area contributed by atoms with Crippen LogP contribution in [0.4, 0.5) is 0 Å². The van der Waals surface area contributed by atoms with Crippen LogP contribution in [0.2, 0.25) is 0 Å². The van der Waals surface area contributed by atoms with Gasteiger partial charge in [-0.05, 0) is 49.5 Å². The number of nitrogens with zero attached hydrogens (tertiary/aromatic N) is 4. The molecule has 0 saturated carbocycles. The number of aryl methyl sites for hydroxylation is 1. The maximum atomic E-state index is 13.4. The number of pyridine rings is 1. The molecule has 5 rings (SSSR count). The first-order chi connectivity index (χ1) is 16.0. The molecule has 0 radical (unpaired) electrons. The van der Waals surface area contributed by atoms with Crippen LogP contribution in [0.3, 0.4) is 0 Å². The monoisotopic (exact) mass is 445 g/mol. The van der Waals surface area contributed by atoms with Crippen LogP contribution in [-0.4, -0.2) is 58.6 Å². The van der Waals surface area contributed by atoms with Crippen molar-refractivity contribution in [2.45, 2.75) is 32.2 Å². The van der Waals surface area contributed by atoms with E-state index in [-0.39, 0.29) is 17.5 Å². The summed E-state index contributed by atoms with van der Waals surface area (Å²) in [6.07, 6.45) is 11.7. The molecule has 2 aliphatic heterocycles. The Morgan fingerprint density at radius 1 is 1.27 bits per heavy atom. The lowest BCUT2D eigenvalue weighted by Gasteiger charge is -2.23. The second-order valence-electron chi connectivity index (χ2n) is 8.70. The Bertz CT molecular complexity index is 1370. The molecule has 170 valence electrons. The number of H-pyrrole nitrogens is 1. The van der Waals surface area contributed by atoms with Gasteiger partial charge in [0.25, 0.3) is 11.5 Å². The van der Waals surface area contributed by atoms with Crippen LogP contribution < -0.4 is 5.56 Å². The number of aliphatic imine (C=N–C) groups is 1. The normalized spacial score (nSPS) is 16.8. The third kappa shape index (κ3) is 4.02. The Balaban J connectivity index is 1.58. The number of carbonyl (C=O) groups excluding carboxylic acids is 1. The van der Waals surface area contributed by atoms with Crippen molar-refractivity contribution in [3.05, 3.63) is 63.7 Å². The first-order valence-corrected chi connectivity index (χ1v) is 11.3. The SMILES string of the molecule is Cc1cc2[nH]c(=O)c3cnn(C4CCOCC4)c3c2cc1C(=O)N(C)CC1=CCC=CN=C1. The molecular formula is C25H27N5O3. The van der Waals surface area contributed by atoms with E-state index < -0.39 is 0 Å². The third-order valence-corrected chi connectivity index (χ3v) is 6.39. The van der Waals surface area contributed by atoms with E-state index in [1.165, 1.54) is 0 Å². The van der Waals surface area contributed by atoms with Crippen molar-refractivity contribution in [1.29, 1.82) is 0 Å². The van der Waals surface area contributed by atoms with Gasteiger partial charge >= 0.3 is 0 Å². The summed E-state index contributed by atoms with van der Waals surface area (Å²) in [4.78, 5) is 35.1. The van der Waals surface area contributed by atoms with Crippen LogP contribution in [0.15, 0.2) is 52.0 Å². The van der Waals surface area contributed by atoms with Gasteiger partial charge in [-0.15, -0.1) is 0 Å². The molecule has 1 fully saturated rings. The second-order valence-corrected chi connectivity index (χ2v) is 8.70. The molecule has 0 unspecified atom stereocenters. The number of amides is 1. The van der Waals surface area contributed by atoms with Gasteiger partial charge in [-0.3, -0.25) is 19.3 Å². The van der Waals surface area contributed by atoms with E-state index in [1.807, 2.05) is 29.8 Å². The Morgan fingerprint density at radius 3 is 2.91 bits per heavy atom. The number of carbonyl (C=O) groups is 1. The van der Waals surface area contributed by atoms with Crippen LogP contribution >= 0.6 is 0 Å². The molecule has 1 amide bonds. The second kappa shape index (κ2) is 8.78. The van der Waals surface area contributed by atoms with Gasteiger partial charge in [0.15, 0.2) is 0 Å². The fourth-order valence-corrected chi connectivity index (χ4v) is 4.62. The van der Waals surface area contributed by atoms with Gasteiger partial charge in [-0.1, -0.05) is 12.2 Å². The number of aromatic amines is 1. The lowest BCUT2D eigenvalue weighted by molar-refractivity contribution is 0.0675. The molecule has 0 atom stereocenters. The van der Waals surface area contributed by atoms with Gasteiger partial charge in [-0.2, -0.15) is 5.10 Å². The summed E-state index contributed by atoms with van der Waals surface area (Å²) in [7, 11) is 1.80. The molecule has 8 nitrogen and oxygen atoms in total. The molecule has 33 heavy (non-hydrogen) atoms. The van der Waals surface area contributed by atoms with E-state index in [4.69, 9.17) is 4.74 Å². The van der Waals surface area contributed by atoms with E-state index in [0.29, 0.717) is 36.2 Å². The van der Waals surface area contributed by atoms with Crippen molar-refractivity contribution in [2.75, 3.05) is 26.8 Å². The zero-order chi connectivity index (χ0) is 22.9. The van der Waals surface area contributed by atoms with Gasteiger partial charge in [0, 0.05) is 50.2 Å². The number of aromatic nitrogens is 3. The van der Waals surface area contributed by atoms with Gasteiger partial charge in [0.05, 0.1) is 28.7 Å². The van der Waals surface area contributed by atoms with E-state index in [0.717, 1.165) is 41.3 Å². The molecule has 0 aliphatic carbocycles. The standard InChI is InChI=1S/C25H27N5O3/c1-16-11-22-20(12-19(16)25(32)29(2)15-17-5-3-4-8-26-13-17)23-21(24(31)28-22)14-27-30(23)18-6-9-33-10-7-18/h4-5,8,11-14,18H,3,6-7,9-10,15H2,1-2H3,(H,28,31). The Morgan fingerprint density at radius 2 is 2.09 bits per heavy atom. The van der Waals surface area contributed by atoms with Crippen molar-refractivity contribution >= 4 is 33.9 Å². The number of nitrogens with one attached hydrogen (secondary N) is 1. The maximum absolute atomic E-state index is 13.4. The minimum atomic E-state index is -0.167. The minimum Gasteiger partial charge on any atom is -0.381 e. The molecule has 0 bridgehead atoms. The average molecular weight is 446 g/mol. The fourth-order valence-electron chi connectivity index (χ4n) is 4.62. The number of benzene rings is 1. The Hall–Kier alpha value is -3.52. The predicted molar refractivity (Wildman–Crippen MR) is 129 cm³/mol. The van der Waals surface area contributed by atoms with Crippen LogP contribution in [0.1, 0.15) is 41.2 Å². The number of likely N-dealkylation sites (N-methyl/N-ethyl adjacent to an activating group) is 1. The molecule has 1 saturated heterocycles. The number of ether oxygens (including phenoxy) is 1. The lowest BCUT2D eigenvalue weighted by Crippen LogP contribution is -2.29. The lowest BCUT2D eigenvalue weighted by atomic mass is 10.0. The molecular weight excluding hydrogens is 418 g/mol. The van der Waals surface area contributed by atoms with E-state index >= 15 is 0 Å². The first-order valence-electron chi connectivity index (χ1n) is 11.3. The van der Waals surface area contributed by atoms with Gasteiger partial charge in [-0.25, -0.2) is 0 Å². The number of hydrogen-bond acceptors (Lipinski definition) is 5. The topological polar surface area (TPSA) is 92.6 Å². The molecule has 4 heterocycles. The molecule has 3 aromatic rings. The summed E-state index contributed by atoms with van der Waals surface area (Å²) in [5.41, 5.74) is 3.75. The van der Waals surface area contributed by atoms with Crippen LogP contribution in [0.5, 0.6) is 0 Å². The molecule has 2 aliphatic rings. The first kappa shape index (κ1) is 21.3. The number of rotatable bonds is 4. The van der Waals surface area contributed by atoms with E-state index in [9.17, 15) is 9.59 Å². The summed E-state index contributed by atoms with van der Waals surface area (Å²) >= 11 is 0. The van der Waals surface area contributed by atoms with Crippen molar-refractivity contribution in [2.24, 2.45) is 4.99 Å². The molecule has 1 N–H and O–H groups in total. The van der Waals surface area contributed by atoms with E-state index in [2.05, 4.69) is 21.2 Å². The number of allylic oxidation sites excluding steroid dienone is 2. The van der Waals surface area contributed by atoms with Crippen molar-refractivity contribution in [3.63, 3.8) is 0 Å².